The number of benzene rings is 2. The maximum absolute atomic E-state index is 13.6. The molecule has 0 aromatic heterocycles. The van der Waals surface area contributed by atoms with Gasteiger partial charge in [-0.15, -0.1) is 0 Å². The maximum atomic E-state index is 13.6. The fraction of sp³-hybridized carbons (Fsp3) is 0.0714. The number of rotatable bonds is 2. The lowest BCUT2D eigenvalue weighted by molar-refractivity contribution is 0.102. The van der Waals surface area contributed by atoms with E-state index >= 15 is 0 Å². The van der Waals surface area contributed by atoms with Crippen LogP contribution in [0.1, 0.15) is 15.9 Å². The fourth-order valence-electron chi connectivity index (χ4n) is 2.16. The van der Waals surface area contributed by atoms with Gasteiger partial charge in [0.25, 0.3) is 5.91 Å². The van der Waals surface area contributed by atoms with Crippen molar-refractivity contribution in [2.24, 2.45) is 0 Å². The molecule has 21 heavy (non-hydrogen) atoms. The van der Waals surface area contributed by atoms with E-state index in [1.807, 2.05) is 0 Å². The summed E-state index contributed by atoms with van der Waals surface area (Å²) in [5.41, 5.74) is 1.76. The molecule has 0 fully saturated rings. The van der Waals surface area contributed by atoms with Gasteiger partial charge in [-0.1, -0.05) is 17.7 Å². The highest BCUT2D eigenvalue weighted by Gasteiger charge is 2.27. The largest absolute Gasteiger partial charge is 0.491 e. The summed E-state index contributed by atoms with van der Waals surface area (Å²) in [7, 11) is -1.00. The Kier molecular flexibility index (Phi) is 3.67. The van der Waals surface area contributed by atoms with Crippen molar-refractivity contribution >= 4 is 35.8 Å². The van der Waals surface area contributed by atoms with E-state index in [0.717, 1.165) is 11.6 Å². The summed E-state index contributed by atoms with van der Waals surface area (Å²) in [5, 5.41) is 12.5. The molecular formula is C14H10BClFNO3. The maximum Gasteiger partial charge on any atom is 0.491 e. The van der Waals surface area contributed by atoms with Crippen LogP contribution in [0.25, 0.3) is 0 Å². The number of nitrogens with one attached hydrogen (secondary N) is 1. The van der Waals surface area contributed by atoms with E-state index in [9.17, 15) is 14.2 Å². The van der Waals surface area contributed by atoms with Gasteiger partial charge in [-0.3, -0.25) is 4.79 Å². The smallest absolute Gasteiger partial charge is 0.423 e. The first-order valence-corrected chi connectivity index (χ1v) is 6.61. The second-order valence-electron chi connectivity index (χ2n) is 4.66. The number of hydrogen-bond acceptors (Lipinski definition) is 3. The Morgan fingerprint density at radius 2 is 2.14 bits per heavy atom. The second-order valence-corrected chi connectivity index (χ2v) is 5.09. The molecule has 1 heterocycles. The van der Waals surface area contributed by atoms with Crippen LogP contribution in [0.3, 0.4) is 0 Å². The Morgan fingerprint density at radius 3 is 2.95 bits per heavy atom. The summed E-state index contributed by atoms with van der Waals surface area (Å²) in [6.07, 6.45) is 0. The Bertz CT molecular complexity index is 725. The predicted molar refractivity (Wildman–Crippen MR) is 78.2 cm³/mol. The number of hydrogen-bond donors (Lipinski definition) is 2. The standard InChI is InChI=1S/C14H10BClFNO3/c16-9-2-4-13(17)11(5-9)14(19)18-10-3-1-8-7-21-15(20)12(8)6-10/h1-6,20H,7H2,(H,18,19). The third-order valence-corrected chi connectivity index (χ3v) is 3.47. The number of carbonyl (C=O) groups is 1. The third kappa shape index (κ3) is 2.78. The molecule has 0 aliphatic carbocycles. The van der Waals surface area contributed by atoms with Crippen molar-refractivity contribution in [3.63, 3.8) is 0 Å². The van der Waals surface area contributed by atoms with E-state index in [-0.39, 0.29) is 10.6 Å². The van der Waals surface area contributed by atoms with Crippen molar-refractivity contribution in [3.05, 3.63) is 58.4 Å². The molecule has 4 nitrogen and oxygen atoms in total. The molecule has 0 unspecified atom stereocenters. The number of carbonyl (C=O) groups excluding carboxylic acids is 1. The first-order valence-electron chi connectivity index (χ1n) is 6.23. The van der Waals surface area contributed by atoms with Crippen LogP contribution < -0.4 is 10.8 Å². The Hall–Kier alpha value is -1.89. The average Bonchev–Trinajstić information content (AvgIpc) is 2.83. The molecule has 3 rings (SSSR count). The lowest BCUT2D eigenvalue weighted by atomic mass is 9.79. The van der Waals surface area contributed by atoms with Crippen molar-refractivity contribution in [2.45, 2.75) is 6.61 Å². The summed E-state index contributed by atoms with van der Waals surface area (Å²) in [6, 6.07) is 8.79. The van der Waals surface area contributed by atoms with E-state index < -0.39 is 18.8 Å². The van der Waals surface area contributed by atoms with E-state index in [1.165, 1.54) is 12.1 Å². The predicted octanol–water partition coefficient (Wildman–Crippen LogP) is 1.95. The lowest BCUT2D eigenvalue weighted by Gasteiger charge is -2.08. The van der Waals surface area contributed by atoms with Crippen LogP contribution in [0.15, 0.2) is 36.4 Å². The van der Waals surface area contributed by atoms with Gasteiger partial charge >= 0.3 is 7.12 Å². The molecule has 0 atom stereocenters. The molecule has 0 saturated carbocycles. The second kappa shape index (κ2) is 5.48. The highest BCUT2D eigenvalue weighted by molar-refractivity contribution is 6.61. The lowest BCUT2D eigenvalue weighted by Crippen LogP contribution is -2.28. The monoisotopic (exact) mass is 305 g/mol. The zero-order valence-corrected chi connectivity index (χ0v) is 11.5. The molecule has 0 radical (unpaired) electrons. The molecular weight excluding hydrogens is 295 g/mol. The van der Waals surface area contributed by atoms with Crippen molar-refractivity contribution in [1.29, 1.82) is 0 Å². The molecule has 2 N–H and O–H groups in total. The first kappa shape index (κ1) is 14.1. The average molecular weight is 306 g/mol. The van der Waals surface area contributed by atoms with Gasteiger partial charge in [0.15, 0.2) is 0 Å². The highest BCUT2D eigenvalue weighted by atomic mass is 35.5. The van der Waals surface area contributed by atoms with Crippen LogP contribution in [-0.4, -0.2) is 18.0 Å². The minimum absolute atomic E-state index is 0.139. The molecule has 0 saturated heterocycles. The van der Waals surface area contributed by atoms with E-state index in [2.05, 4.69) is 5.32 Å². The quantitative estimate of drug-likeness (QED) is 0.834. The summed E-state index contributed by atoms with van der Waals surface area (Å²) < 4.78 is 18.7. The molecule has 2 aromatic rings. The van der Waals surface area contributed by atoms with Gasteiger partial charge in [-0.25, -0.2) is 4.39 Å². The topological polar surface area (TPSA) is 58.6 Å². The normalized spacial score (nSPS) is 13.2. The van der Waals surface area contributed by atoms with Gasteiger partial charge in [-0.2, -0.15) is 0 Å². The van der Waals surface area contributed by atoms with E-state index in [4.69, 9.17) is 16.3 Å². The Balaban J connectivity index is 1.85. The zero-order chi connectivity index (χ0) is 15.0. The molecule has 2 aromatic carbocycles. The summed E-state index contributed by atoms with van der Waals surface area (Å²) in [4.78, 5) is 12.1. The zero-order valence-electron chi connectivity index (χ0n) is 10.8. The highest BCUT2D eigenvalue weighted by Crippen LogP contribution is 2.18. The van der Waals surface area contributed by atoms with Crippen LogP contribution >= 0.6 is 11.6 Å². The Morgan fingerprint density at radius 1 is 1.33 bits per heavy atom. The van der Waals surface area contributed by atoms with Gasteiger partial charge in [0, 0.05) is 10.7 Å². The molecule has 7 heteroatoms. The van der Waals surface area contributed by atoms with Crippen molar-refractivity contribution in [1.82, 2.24) is 0 Å². The van der Waals surface area contributed by atoms with E-state index in [0.29, 0.717) is 17.8 Å². The molecule has 1 amide bonds. The summed E-state index contributed by atoms with van der Waals surface area (Å²) in [6.45, 7) is 0.327. The van der Waals surface area contributed by atoms with Gasteiger partial charge in [-0.05, 0) is 41.4 Å². The van der Waals surface area contributed by atoms with Crippen LogP contribution in [0, 0.1) is 5.82 Å². The molecule has 0 spiro atoms. The third-order valence-electron chi connectivity index (χ3n) is 3.24. The van der Waals surface area contributed by atoms with Gasteiger partial charge in [0.1, 0.15) is 5.82 Å². The van der Waals surface area contributed by atoms with Crippen molar-refractivity contribution in [3.8, 4) is 0 Å². The molecule has 106 valence electrons. The van der Waals surface area contributed by atoms with Crippen LogP contribution in [0.5, 0.6) is 0 Å². The summed E-state index contributed by atoms with van der Waals surface area (Å²) >= 11 is 5.76. The molecule has 1 aliphatic heterocycles. The molecule has 1 aliphatic rings. The van der Waals surface area contributed by atoms with Gasteiger partial charge < -0.3 is 15.0 Å². The van der Waals surface area contributed by atoms with Gasteiger partial charge in [0.05, 0.1) is 12.2 Å². The number of fused-ring (bicyclic) bond motifs is 1. The molecule has 0 bridgehead atoms. The minimum Gasteiger partial charge on any atom is -0.423 e. The van der Waals surface area contributed by atoms with Crippen LogP contribution in [0.4, 0.5) is 10.1 Å². The van der Waals surface area contributed by atoms with Crippen molar-refractivity contribution < 1.29 is 18.9 Å². The first-order chi connectivity index (χ1) is 10.0. The minimum atomic E-state index is -1.00. The SMILES string of the molecule is O=C(Nc1ccc2c(c1)B(O)OC2)c1cc(Cl)ccc1F. The fourth-order valence-corrected chi connectivity index (χ4v) is 2.33. The van der Waals surface area contributed by atoms with Crippen LogP contribution in [0.2, 0.25) is 5.02 Å². The number of anilines is 1. The van der Waals surface area contributed by atoms with E-state index in [1.54, 1.807) is 18.2 Å². The van der Waals surface area contributed by atoms with Crippen LogP contribution in [-0.2, 0) is 11.3 Å². The van der Waals surface area contributed by atoms with Crippen molar-refractivity contribution in [2.75, 3.05) is 5.32 Å². The Labute approximate surface area is 125 Å². The number of halogens is 2. The van der Waals surface area contributed by atoms with Gasteiger partial charge in [0.2, 0.25) is 0 Å². The summed E-state index contributed by atoms with van der Waals surface area (Å²) in [5.74, 6) is -1.26. The number of amides is 1.